The molecule has 0 aliphatic carbocycles. The molecule has 1 aromatic carbocycles. The van der Waals surface area contributed by atoms with Crippen molar-refractivity contribution in [2.75, 3.05) is 6.61 Å². The number of benzene rings is 1. The molecule has 4 nitrogen and oxygen atoms in total. The van der Waals surface area contributed by atoms with Crippen LogP contribution in [0, 0.1) is 0 Å². The third-order valence-electron chi connectivity index (χ3n) is 2.62. The number of amidine groups is 1. The Balaban J connectivity index is 1.79. The zero-order valence-corrected chi connectivity index (χ0v) is 9.09. The molecule has 0 bridgehead atoms. The zero-order chi connectivity index (χ0) is 11.8. The topological polar surface area (TPSA) is 42.8 Å². The van der Waals surface area contributed by atoms with Crippen molar-refractivity contribution < 1.29 is 9.47 Å². The molecule has 0 saturated heterocycles. The molecule has 1 N–H and O–H groups in total. The second-order valence-electron chi connectivity index (χ2n) is 3.96. The predicted octanol–water partition coefficient (Wildman–Crippen LogP) is -1.31. The van der Waals surface area contributed by atoms with Gasteiger partial charge in [-0.25, -0.2) is 0 Å². The summed E-state index contributed by atoms with van der Waals surface area (Å²) in [6.07, 6.45) is -0.254. The molecule has 0 aromatic heterocycles. The van der Waals surface area contributed by atoms with Gasteiger partial charge in [0.1, 0.15) is 20.3 Å². The molecule has 2 unspecified atom stereocenters. The van der Waals surface area contributed by atoms with Crippen molar-refractivity contribution >= 4 is 34.4 Å². The fourth-order valence-corrected chi connectivity index (χ4v) is 1.80. The molecule has 0 amide bonds. The summed E-state index contributed by atoms with van der Waals surface area (Å²) in [7, 11) is 13.0. The predicted molar refractivity (Wildman–Crippen MR) is 67.6 cm³/mol. The monoisotopic (exact) mass is 221 g/mol. The van der Waals surface area contributed by atoms with Crippen molar-refractivity contribution in [3.63, 3.8) is 0 Å². The van der Waals surface area contributed by atoms with Crippen molar-refractivity contribution in [2.24, 2.45) is 4.90 Å². The van der Waals surface area contributed by atoms with Crippen molar-refractivity contribution in [1.29, 1.82) is 0 Å². The average Bonchev–Trinajstić information content (AvgIpc) is 2.75. The maximum atomic E-state index is 5.77. The largest absolute Gasteiger partial charge is 0.485 e. The van der Waals surface area contributed by atoms with Crippen LogP contribution in [0.25, 0.3) is 0 Å². The summed E-state index contributed by atoms with van der Waals surface area (Å²) in [5, 5.41) is 3.01. The molecule has 5 radical (unpaired) electrons. The van der Waals surface area contributed by atoms with Gasteiger partial charge in [0.2, 0.25) is 0 Å². The summed E-state index contributed by atoms with van der Waals surface area (Å²) in [5.74, 6) is 1.77. The van der Waals surface area contributed by atoms with E-state index in [4.69, 9.17) is 25.2 Å². The standard InChI is InChI=1S/C10H8B3N2O2/c11-5-1-2-6-7(3-5)16-4-8(17-6)9-14-10(12)13-15-9/h1-3,8,10H,4H2,(H,14,15). The first-order chi connectivity index (χ1) is 8.22. The van der Waals surface area contributed by atoms with E-state index in [-0.39, 0.29) is 11.9 Å². The zero-order valence-electron chi connectivity index (χ0n) is 9.09. The van der Waals surface area contributed by atoms with Crippen LogP contribution in [0.15, 0.2) is 23.1 Å². The number of nitrogens with zero attached hydrogens (tertiary/aromatic N) is 1. The fourth-order valence-electron chi connectivity index (χ4n) is 1.80. The molecule has 2 aliphatic heterocycles. The van der Waals surface area contributed by atoms with Crippen LogP contribution in [0.2, 0.25) is 0 Å². The van der Waals surface area contributed by atoms with E-state index in [1.54, 1.807) is 25.6 Å². The number of fused-ring (bicyclic) bond motifs is 1. The normalized spacial score (nSPS) is 25.8. The Hall–Kier alpha value is -1.52. The minimum absolute atomic E-state index is 0.249. The van der Waals surface area contributed by atoms with Gasteiger partial charge in [0.15, 0.2) is 17.6 Å². The highest BCUT2D eigenvalue weighted by atomic mass is 16.6. The number of ether oxygens (including phenoxy) is 2. The van der Waals surface area contributed by atoms with Gasteiger partial charge in [0.25, 0.3) is 7.41 Å². The number of hydrogen-bond acceptors (Lipinski definition) is 4. The van der Waals surface area contributed by atoms with Crippen LogP contribution >= 0.6 is 0 Å². The molecule has 1 aromatic rings. The molecule has 7 heteroatoms. The lowest BCUT2D eigenvalue weighted by molar-refractivity contribution is 0.133. The fraction of sp³-hybridized carbons (Fsp3) is 0.300. The van der Waals surface area contributed by atoms with Crippen LogP contribution in [0.1, 0.15) is 0 Å². The minimum Gasteiger partial charge on any atom is -0.485 e. The van der Waals surface area contributed by atoms with Crippen molar-refractivity contribution in [3.8, 4) is 11.5 Å². The van der Waals surface area contributed by atoms with Crippen LogP contribution < -0.4 is 20.3 Å². The molecular formula is C10H8B3N2O2. The third-order valence-corrected chi connectivity index (χ3v) is 2.62. The lowest BCUT2D eigenvalue weighted by Gasteiger charge is -2.27. The van der Waals surface area contributed by atoms with Gasteiger partial charge in [-0.1, -0.05) is 11.5 Å². The summed E-state index contributed by atoms with van der Waals surface area (Å²) >= 11 is 0. The van der Waals surface area contributed by atoms with E-state index in [1.165, 1.54) is 0 Å². The summed E-state index contributed by atoms with van der Waals surface area (Å²) in [6, 6.07) is 5.30. The summed E-state index contributed by atoms with van der Waals surface area (Å²) in [6.45, 7) is 0.392. The highest BCUT2D eigenvalue weighted by Crippen LogP contribution is 2.30. The molecular weight excluding hydrogens is 213 g/mol. The maximum absolute atomic E-state index is 5.77. The number of nitrogens with one attached hydrogen (secondary N) is 1. The van der Waals surface area contributed by atoms with Gasteiger partial charge in [0.05, 0.1) is 7.85 Å². The van der Waals surface area contributed by atoms with Crippen LogP contribution in [-0.2, 0) is 0 Å². The van der Waals surface area contributed by atoms with Gasteiger partial charge in [-0.05, 0) is 18.0 Å². The smallest absolute Gasteiger partial charge is 0.291 e. The van der Waals surface area contributed by atoms with Gasteiger partial charge in [-0.2, -0.15) is 0 Å². The third kappa shape index (κ3) is 2.01. The average molecular weight is 221 g/mol. The summed E-state index contributed by atoms with van der Waals surface area (Å²) in [5.41, 5.74) is 0.650. The quantitative estimate of drug-likeness (QED) is 0.598. The van der Waals surface area contributed by atoms with E-state index in [0.717, 1.165) is 0 Å². The first-order valence-electron chi connectivity index (χ1n) is 5.34. The van der Waals surface area contributed by atoms with Crippen LogP contribution in [-0.4, -0.2) is 47.5 Å². The van der Waals surface area contributed by atoms with E-state index < -0.39 is 0 Å². The molecule has 3 rings (SSSR count). The lowest BCUT2D eigenvalue weighted by atomic mass is 9.71. The second-order valence-corrected chi connectivity index (χ2v) is 3.96. The maximum Gasteiger partial charge on any atom is 0.291 e. The van der Waals surface area contributed by atoms with Gasteiger partial charge < -0.3 is 19.7 Å². The van der Waals surface area contributed by atoms with E-state index in [1.807, 2.05) is 0 Å². The van der Waals surface area contributed by atoms with Gasteiger partial charge in [0, 0.05) is 0 Å². The first-order valence-corrected chi connectivity index (χ1v) is 5.34. The Morgan fingerprint density at radius 2 is 2.29 bits per heavy atom. The molecule has 2 heterocycles. The van der Waals surface area contributed by atoms with Gasteiger partial charge in [-0.3, -0.25) is 0 Å². The second kappa shape index (κ2) is 4.06. The van der Waals surface area contributed by atoms with E-state index in [0.29, 0.717) is 29.4 Å². The summed E-state index contributed by atoms with van der Waals surface area (Å²) in [4.78, 5) is 4.16. The minimum atomic E-state index is -0.254. The lowest BCUT2D eigenvalue weighted by Crippen LogP contribution is -2.45. The van der Waals surface area contributed by atoms with E-state index in [2.05, 4.69) is 10.2 Å². The van der Waals surface area contributed by atoms with E-state index in [9.17, 15) is 0 Å². The van der Waals surface area contributed by atoms with Crippen LogP contribution in [0.4, 0.5) is 0 Å². The Labute approximate surface area is 103 Å². The molecule has 2 aliphatic rings. The number of rotatable bonds is 1. The Morgan fingerprint density at radius 3 is 3.06 bits per heavy atom. The van der Waals surface area contributed by atoms with Crippen molar-refractivity contribution in [2.45, 2.75) is 11.9 Å². The molecule has 0 fully saturated rings. The van der Waals surface area contributed by atoms with Gasteiger partial charge >= 0.3 is 0 Å². The number of hydrogen-bond donors (Lipinski definition) is 1. The SMILES string of the molecule is [B]c1ccc2c(c1)OCC(C1=N[B]C([B])N1)O2. The molecule has 0 spiro atoms. The molecule has 79 valence electrons. The molecule has 17 heavy (non-hydrogen) atoms. The Morgan fingerprint density at radius 1 is 1.41 bits per heavy atom. The van der Waals surface area contributed by atoms with Crippen molar-refractivity contribution in [3.05, 3.63) is 18.2 Å². The van der Waals surface area contributed by atoms with Gasteiger partial charge in [-0.15, -0.1) is 0 Å². The molecule has 0 saturated carbocycles. The van der Waals surface area contributed by atoms with E-state index >= 15 is 0 Å². The van der Waals surface area contributed by atoms with Crippen molar-refractivity contribution in [1.82, 2.24) is 5.32 Å². The highest BCUT2D eigenvalue weighted by molar-refractivity contribution is 6.53. The highest BCUT2D eigenvalue weighted by Gasteiger charge is 2.28. The first kappa shape index (κ1) is 10.6. The molecule has 2 atom stereocenters. The Kier molecular flexibility index (Phi) is 2.54. The van der Waals surface area contributed by atoms with Crippen LogP contribution in [0.5, 0.6) is 11.5 Å². The Bertz CT molecular complexity index is 481. The van der Waals surface area contributed by atoms with Crippen LogP contribution in [0.3, 0.4) is 0 Å². The summed E-state index contributed by atoms with van der Waals surface area (Å²) < 4.78 is 11.4.